The molecule has 4 atom stereocenters. The van der Waals surface area contributed by atoms with Crippen LogP contribution in [0.15, 0.2) is 0 Å². The molecular weight excluding hydrogens is 386 g/mol. The Hall–Kier alpha value is -0.473. The van der Waals surface area contributed by atoms with Crippen LogP contribution in [0.2, 0.25) is 18.6 Å². The van der Waals surface area contributed by atoms with E-state index in [1.807, 2.05) is 0 Å². The van der Waals surface area contributed by atoms with Crippen LogP contribution in [-0.4, -0.2) is 50.5 Å². The lowest BCUT2D eigenvalue weighted by atomic mass is 9.87. The standard InChI is InChI=1S/C22H41NO5Si/c1-5-6-7-8-9-10-11-12-13-14-15-19-21-22(17-25-18(2)24)20(29(3,4)28-21)16-26-23(22)27-19/h19-21H,5-17H2,1-4H3/t19-,20+,21-,22-/m1/s1. The first kappa shape index (κ1) is 23.2. The number of hydrogen-bond donors (Lipinski definition) is 0. The zero-order valence-electron chi connectivity index (χ0n) is 18.9. The molecule has 0 aromatic rings. The molecule has 7 heteroatoms. The van der Waals surface area contributed by atoms with Gasteiger partial charge in [-0.05, 0) is 19.5 Å². The van der Waals surface area contributed by atoms with Crippen molar-refractivity contribution in [3.05, 3.63) is 0 Å². The van der Waals surface area contributed by atoms with Crippen molar-refractivity contribution in [3.8, 4) is 0 Å². The van der Waals surface area contributed by atoms with E-state index in [9.17, 15) is 4.79 Å². The van der Waals surface area contributed by atoms with Gasteiger partial charge in [0.05, 0.1) is 12.7 Å². The van der Waals surface area contributed by atoms with Gasteiger partial charge in [0.1, 0.15) is 18.2 Å². The molecule has 0 N–H and O–H groups in total. The van der Waals surface area contributed by atoms with E-state index in [4.69, 9.17) is 18.8 Å². The molecule has 3 rings (SSSR count). The third-order valence-electron chi connectivity index (χ3n) is 6.98. The fraction of sp³-hybridized carbons (Fsp3) is 0.955. The molecule has 0 aromatic heterocycles. The van der Waals surface area contributed by atoms with Crippen LogP contribution in [0.4, 0.5) is 0 Å². The Labute approximate surface area is 177 Å². The van der Waals surface area contributed by atoms with Gasteiger partial charge in [0.25, 0.3) is 0 Å². The van der Waals surface area contributed by atoms with E-state index < -0.39 is 13.9 Å². The van der Waals surface area contributed by atoms with Gasteiger partial charge in [0.15, 0.2) is 8.32 Å². The molecule has 0 unspecified atom stereocenters. The number of rotatable bonds is 13. The highest BCUT2D eigenvalue weighted by molar-refractivity contribution is 6.74. The third kappa shape index (κ3) is 5.06. The number of carbonyl (C=O) groups excluding carboxylic acids is 1. The van der Waals surface area contributed by atoms with Crippen molar-refractivity contribution in [2.45, 2.75) is 121 Å². The summed E-state index contributed by atoms with van der Waals surface area (Å²) in [6.07, 6.45) is 14.2. The van der Waals surface area contributed by atoms with Crippen LogP contribution in [0, 0.1) is 0 Å². The van der Waals surface area contributed by atoms with Gasteiger partial charge < -0.3 is 9.16 Å². The molecule has 6 nitrogen and oxygen atoms in total. The van der Waals surface area contributed by atoms with E-state index in [2.05, 4.69) is 20.0 Å². The van der Waals surface area contributed by atoms with Crippen molar-refractivity contribution >= 4 is 14.3 Å². The van der Waals surface area contributed by atoms with E-state index in [1.54, 1.807) is 5.23 Å². The minimum Gasteiger partial charge on any atom is -0.464 e. The van der Waals surface area contributed by atoms with Gasteiger partial charge in [-0.25, -0.2) is 0 Å². The summed E-state index contributed by atoms with van der Waals surface area (Å²) in [6.45, 7) is 9.11. The van der Waals surface area contributed by atoms with Crippen LogP contribution in [0.25, 0.3) is 0 Å². The summed E-state index contributed by atoms with van der Waals surface area (Å²) in [6, 6.07) is 0. The molecule has 3 fully saturated rings. The normalized spacial score (nSPS) is 32.6. The summed E-state index contributed by atoms with van der Waals surface area (Å²) in [5, 5.41) is 1.65. The molecule has 0 amide bonds. The Morgan fingerprint density at radius 3 is 2.31 bits per heavy atom. The van der Waals surface area contributed by atoms with Crippen molar-refractivity contribution in [2.24, 2.45) is 0 Å². The summed E-state index contributed by atoms with van der Waals surface area (Å²) in [7, 11) is -1.93. The maximum atomic E-state index is 11.5. The Bertz CT molecular complexity index is 545. The predicted octanol–water partition coefficient (Wildman–Crippen LogP) is 5.13. The van der Waals surface area contributed by atoms with Gasteiger partial charge in [-0.1, -0.05) is 76.4 Å². The Morgan fingerprint density at radius 2 is 1.69 bits per heavy atom. The fourth-order valence-electron chi connectivity index (χ4n) is 5.34. The maximum absolute atomic E-state index is 11.5. The Balaban J connectivity index is 1.43. The number of nitrogens with zero attached hydrogens (tertiary/aromatic N) is 1. The molecular formula is C22H41NO5Si. The fourth-order valence-corrected chi connectivity index (χ4v) is 8.55. The molecule has 3 saturated heterocycles. The first-order chi connectivity index (χ1) is 13.9. The van der Waals surface area contributed by atoms with Crippen LogP contribution in [0.5, 0.6) is 0 Å². The quantitative estimate of drug-likeness (QED) is 0.231. The highest BCUT2D eigenvalue weighted by Crippen LogP contribution is 2.58. The number of esters is 1. The monoisotopic (exact) mass is 427 g/mol. The highest BCUT2D eigenvalue weighted by Gasteiger charge is 2.74. The number of unbranched alkanes of at least 4 members (excludes halogenated alkanes) is 9. The largest absolute Gasteiger partial charge is 0.464 e. The Kier molecular flexibility index (Phi) is 8.18. The molecule has 3 aliphatic rings. The molecule has 3 aliphatic heterocycles. The summed E-state index contributed by atoms with van der Waals surface area (Å²) in [5.74, 6) is -0.261. The highest BCUT2D eigenvalue weighted by atomic mass is 28.4. The number of carbonyl (C=O) groups is 1. The molecule has 0 aromatic carbocycles. The lowest BCUT2D eigenvalue weighted by molar-refractivity contribution is -0.361. The molecule has 29 heavy (non-hydrogen) atoms. The second-order valence-corrected chi connectivity index (χ2v) is 13.8. The summed E-state index contributed by atoms with van der Waals surface area (Å²) < 4.78 is 12.1. The van der Waals surface area contributed by atoms with Gasteiger partial charge in [-0.2, -0.15) is 0 Å². The lowest BCUT2D eigenvalue weighted by Gasteiger charge is -2.30. The van der Waals surface area contributed by atoms with E-state index in [0.29, 0.717) is 13.2 Å². The van der Waals surface area contributed by atoms with Crippen LogP contribution in [0.1, 0.15) is 84.5 Å². The van der Waals surface area contributed by atoms with Gasteiger partial charge in [-0.3, -0.25) is 14.5 Å². The smallest absolute Gasteiger partial charge is 0.302 e. The topological polar surface area (TPSA) is 57.2 Å². The van der Waals surface area contributed by atoms with Crippen LogP contribution >= 0.6 is 0 Å². The van der Waals surface area contributed by atoms with Crippen LogP contribution in [-0.2, 0) is 23.6 Å². The average Bonchev–Trinajstić information content (AvgIpc) is 3.25. The Morgan fingerprint density at radius 1 is 1.07 bits per heavy atom. The number of hydroxylamine groups is 2. The summed E-state index contributed by atoms with van der Waals surface area (Å²) in [5.41, 5.74) is -0.193. The van der Waals surface area contributed by atoms with E-state index in [-0.39, 0.29) is 23.7 Å². The van der Waals surface area contributed by atoms with E-state index in [0.717, 1.165) is 12.8 Å². The SMILES string of the molecule is CCCCCCCCCCCC[C@H]1ON2OC[C@H]3[C@]2(COC(C)=O)[C@@H]1O[Si]3(C)C. The molecule has 168 valence electrons. The van der Waals surface area contributed by atoms with Crippen molar-refractivity contribution in [1.82, 2.24) is 5.23 Å². The average molecular weight is 428 g/mol. The summed E-state index contributed by atoms with van der Waals surface area (Å²) >= 11 is 0. The zero-order chi connectivity index (χ0) is 20.9. The molecule has 0 saturated carbocycles. The number of ether oxygens (including phenoxy) is 1. The van der Waals surface area contributed by atoms with Crippen LogP contribution in [0.3, 0.4) is 0 Å². The lowest BCUT2D eigenvalue weighted by Crippen LogP contribution is -2.51. The molecule has 0 spiro atoms. The molecule has 0 bridgehead atoms. The first-order valence-electron chi connectivity index (χ1n) is 11.8. The second-order valence-electron chi connectivity index (χ2n) is 9.63. The molecule has 3 heterocycles. The summed E-state index contributed by atoms with van der Waals surface area (Å²) in [4.78, 5) is 23.5. The van der Waals surface area contributed by atoms with Crippen molar-refractivity contribution < 1.29 is 23.6 Å². The maximum Gasteiger partial charge on any atom is 0.302 e. The minimum atomic E-state index is -1.93. The zero-order valence-corrected chi connectivity index (χ0v) is 19.9. The van der Waals surface area contributed by atoms with Gasteiger partial charge in [0, 0.05) is 12.5 Å². The van der Waals surface area contributed by atoms with Gasteiger partial charge in [0.2, 0.25) is 0 Å². The van der Waals surface area contributed by atoms with Gasteiger partial charge in [-0.15, -0.1) is 0 Å². The number of hydrogen-bond acceptors (Lipinski definition) is 6. The van der Waals surface area contributed by atoms with Crippen molar-refractivity contribution in [1.29, 1.82) is 0 Å². The van der Waals surface area contributed by atoms with Crippen molar-refractivity contribution in [2.75, 3.05) is 13.2 Å². The predicted molar refractivity (Wildman–Crippen MR) is 115 cm³/mol. The van der Waals surface area contributed by atoms with Gasteiger partial charge >= 0.3 is 5.97 Å². The third-order valence-corrected chi connectivity index (χ3v) is 10.2. The molecule has 0 aliphatic carbocycles. The second kappa shape index (κ2) is 10.2. The van der Waals surface area contributed by atoms with E-state index in [1.165, 1.54) is 64.7 Å². The van der Waals surface area contributed by atoms with Crippen LogP contribution < -0.4 is 0 Å². The van der Waals surface area contributed by atoms with Crippen molar-refractivity contribution in [3.63, 3.8) is 0 Å². The van der Waals surface area contributed by atoms with E-state index >= 15 is 0 Å². The minimum absolute atomic E-state index is 0.00308. The molecule has 0 radical (unpaired) electrons. The first-order valence-corrected chi connectivity index (χ1v) is 14.8.